The molecular weight excluding hydrogens is 212 g/mol. The summed E-state index contributed by atoms with van der Waals surface area (Å²) >= 11 is 1.50. The number of hydrogen-bond acceptors (Lipinski definition) is 3. The maximum absolute atomic E-state index is 11.4. The number of hydrogen-bond donors (Lipinski definition) is 1. The Morgan fingerprint density at radius 1 is 1.60 bits per heavy atom. The smallest absolute Gasteiger partial charge is 0.252 e. The standard InChI is InChI=1S/C9H12N4OS/c10-13-12-5-2-1-4-11-9(14)8-3-6-15-7-8/h3,6-7H,1-2,4-5H2,(H,11,14). The monoisotopic (exact) mass is 224 g/mol. The lowest BCUT2D eigenvalue weighted by molar-refractivity contribution is 0.0953. The highest BCUT2D eigenvalue weighted by atomic mass is 32.1. The molecule has 0 aromatic carbocycles. The second-order valence-electron chi connectivity index (χ2n) is 2.93. The van der Waals surface area contributed by atoms with Gasteiger partial charge in [-0.05, 0) is 29.8 Å². The highest BCUT2D eigenvalue weighted by Gasteiger charge is 2.03. The van der Waals surface area contributed by atoms with Gasteiger partial charge in [0.15, 0.2) is 0 Å². The molecule has 1 N–H and O–H groups in total. The molecule has 1 aromatic rings. The summed E-state index contributed by atoms with van der Waals surface area (Å²) in [7, 11) is 0. The molecule has 0 unspecified atom stereocenters. The summed E-state index contributed by atoms with van der Waals surface area (Å²) in [5, 5.41) is 9.89. The van der Waals surface area contributed by atoms with E-state index >= 15 is 0 Å². The highest BCUT2D eigenvalue weighted by Crippen LogP contribution is 2.05. The molecule has 1 heterocycles. The topological polar surface area (TPSA) is 77.9 Å². The van der Waals surface area contributed by atoms with Gasteiger partial charge in [0, 0.05) is 28.9 Å². The lowest BCUT2D eigenvalue weighted by atomic mass is 10.3. The molecule has 1 aromatic heterocycles. The van der Waals surface area contributed by atoms with Crippen LogP contribution in [-0.2, 0) is 0 Å². The summed E-state index contributed by atoms with van der Waals surface area (Å²) in [6, 6.07) is 1.79. The SMILES string of the molecule is [N-]=[N+]=NCCCCNC(=O)c1ccsc1. The van der Waals surface area contributed by atoms with Crippen LogP contribution in [0.15, 0.2) is 21.9 Å². The fourth-order valence-corrected chi connectivity index (χ4v) is 1.69. The summed E-state index contributed by atoms with van der Waals surface area (Å²) in [5.41, 5.74) is 8.73. The van der Waals surface area contributed by atoms with Crippen molar-refractivity contribution in [3.63, 3.8) is 0 Å². The molecule has 1 amide bonds. The number of amides is 1. The fourth-order valence-electron chi connectivity index (χ4n) is 1.05. The molecule has 0 fully saturated rings. The number of nitrogens with zero attached hydrogens (tertiary/aromatic N) is 3. The van der Waals surface area contributed by atoms with E-state index in [0.29, 0.717) is 18.7 Å². The molecule has 0 bridgehead atoms. The first-order chi connectivity index (χ1) is 7.34. The number of azide groups is 1. The molecule has 0 aliphatic rings. The van der Waals surface area contributed by atoms with Gasteiger partial charge in [-0.2, -0.15) is 11.3 Å². The average molecular weight is 224 g/mol. The van der Waals surface area contributed by atoms with E-state index in [1.165, 1.54) is 11.3 Å². The van der Waals surface area contributed by atoms with E-state index in [9.17, 15) is 4.79 Å². The molecule has 0 saturated carbocycles. The highest BCUT2D eigenvalue weighted by molar-refractivity contribution is 7.08. The van der Waals surface area contributed by atoms with E-state index in [0.717, 1.165) is 12.8 Å². The molecule has 5 nitrogen and oxygen atoms in total. The molecular formula is C9H12N4OS. The van der Waals surface area contributed by atoms with Gasteiger partial charge in [0.25, 0.3) is 5.91 Å². The predicted octanol–water partition coefficient (Wildman–Crippen LogP) is 2.57. The number of unbranched alkanes of at least 4 members (excludes halogenated alkanes) is 1. The van der Waals surface area contributed by atoms with Gasteiger partial charge < -0.3 is 5.32 Å². The van der Waals surface area contributed by atoms with E-state index in [1.54, 1.807) is 6.07 Å². The van der Waals surface area contributed by atoms with Gasteiger partial charge in [0.05, 0.1) is 0 Å². The van der Waals surface area contributed by atoms with Gasteiger partial charge in [0.1, 0.15) is 0 Å². The van der Waals surface area contributed by atoms with Crippen LogP contribution in [0.25, 0.3) is 10.4 Å². The third kappa shape index (κ3) is 4.49. The Morgan fingerprint density at radius 2 is 2.47 bits per heavy atom. The molecule has 80 valence electrons. The first-order valence-corrected chi connectivity index (χ1v) is 5.60. The number of carbonyl (C=O) groups excluding carboxylic acids is 1. The van der Waals surface area contributed by atoms with Crippen molar-refractivity contribution in [1.29, 1.82) is 0 Å². The zero-order valence-corrected chi connectivity index (χ0v) is 9.04. The lowest BCUT2D eigenvalue weighted by Crippen LogP contribution is -2.23. The van der Waals surface area contributed by atoms with Crippen molar-refractivity contribution in [3.8, 4) is 0 Å². The van der Waals surface area contributed by atoms with Crippen LogP contribution >= 0.6 is 11.3 Å². The van der Waals surface area contributed by atoms with Gasteiger partial charge in [-0.3, -0.25) is 4.79 Å². The van der Waals surface area contributed by atoms with Crippen molar-refractivity contribution in [2.45, 2.75) is 12.8 Å². The minimum Gasteiger partial charge on any atom is -0.352 e. The zero-order valence-electron chi connectivity index (χ0n) is 8.22. The molecule has 0 saturated heterocycles. The summed E-state index contributed by atoms with van der Waals surface area (Å²) in [4.78, 5) is 14.1. The van der Waals surface area contributed by atoms with Gasteiger partial charge in [-0.1, -0.05) is 5.11 Å². The van der Waals surface area contributed by atoms with Crippen LogP contribution in [0.3, 0.4) is 0 Å². The van der Waals surface area contributed by atoms with Crippen LogP contribution in [0.5, 0.6) is 0 Å². The molecule has 0 radical (unpaired) electrons. The predicted molar refractivity (Wildman–Crippen MR) is 59.9 cm³/mol. The first-order valence-electron chi connectivity index (χ1n) is 4.66. The normalized spacial score (nSPS) is 9.33. The Balaban J connectivity index is 2.10. The van der Waals surface area contributed by atoms with Crippen molar-refractivity contribution < 1.29 is 4.79 Å². The van der Waals surface area contributed by atoms with Crippen LogP contribution in [-0.4, -0.2) is 19.0 Å². The molecule has 0 aliphatic carbocycles. The van der Waals surface area contributed by atoms with Gasteiger partial charge >= 0.3 is 0 Å². The van der Waals surface area contributed by atoms with Crippen molar-refractivity contribution in [1.82, 2.24) is 5.32 Å². The minimum atomic E-state index is -0.0416. The maximum Gasteiger partial charge on any atom is 0.252 e. The Morgan fingerprint density at radius 3 is 3.13 bits per heavy atom. The van der Waals surface area contributed by atoms with Crippen molar-refractivity contribution in [3.05, 3.63) is 32.8 Å². The second kappa shape index (κ2) is 6.86. The van der Waals surface area contributed by atoms with Crippen LogP contribution in [0.1, 0.15) is 23.2 Å². The van der Waals surface area contributed by atoms with Crippen LogP contribution in [0.4, 0.5) is 0 Å². The Bertz CT molecular complexity index is 343. The van der Waals surface area contributed by atoms with Crippen molar-refractivity contribution >= 4 is 17.2 Å². The third-order valence-corrected chi connectivity index (χ3v) is 2.50. The molecule has 0 spiro atoms. The number of carbonyl (C=O) groups is 1. The van der Waals surface area contributed by atoms with Crippen molar-refractivity contribution in [2.24, 2.45) is 5.11 Å². The molecule has 6 heteroatoms. The molecule has 15 heavy (non-hydrogen) atoms. The van der Waals surface area contributed by atoms with E-state index in [-0.39, 0.29) is 5.91 Å². The summed E-state index contributed by atoms with van der Waals surface area (Å²) in [6.45, 7) is 1.11. The van der Waals surface area contributed by atoms with Gasteiger partial charge in [0.2, 0.25) is 0 Å². The van der Waals surface area contributed by atoms with Crippen LogP contribution in [0.2, 0.25) is 0 Å². The van der Waals surface area contributed by atoms with Gasteiger partial charge in [-0.15, -0.1) is 0 Å². The number of rotatable bonds is 6. The number of thiophene rings is 1. The van der Waals surface area contributed by atoms with E-state index < -0.39 is 0 Å². The Labute approximate surface area is 91.7 Å². The molecule has 0 aliphatic heterocycles. The first kappa shape index (κ1) is 11.6. The van der Waals surface area contributed by atoms with Crippen LogP contribution in [0, 0.1) is 0 Å². The fraction of sp³-hybridized carbons (Fsp3) is 0.444. The van der Waals surface area contributed by atoms with Crippen LogP contribution < -0.4 is 5.32 Å². The largest absolute Gasteiger partial charge is 0.352 e. The third-order valence-electron chi connectivity index (χ3n) is 1.82. The summed E-state index contributed by atoms with van der Waals surface area (Å²) < 4.78 is 0. The van der Waals surface area contributed by atoms with E-state index in [4.69, 9.17) is 5.53 Å². The minimum absolute atomic E-state index is 0.0416. The zero-order chi connectivity index (χ0) is 10.9. The number of nitrogens with one attached hydrogen (secondary N) is 1. The summed E-state index contributed by atoms with van der Waals surface area (Å²) in [5.74, 6) is -0.0416. The molecule has 1 rings (SSSR count). The second-order valence-corrected chi connectivity index (χ2v) is 3.71. The Kier molecular flexibility index (Phi) is 5.29. The Hall–Kier alpha value is -1.52. The quantitative estimate of drug-likeness (QED) is 0.343. The lowest BCUT2D eigenvalue weighted by Gasteiger charge is -2.01. The maximum atomic E-state index is 11.4. The van der Waals surface area contributed by atoms with Gasteiger partial charge in [-0.25, -0.2) is 0 Å². The average Bonchev–Trinajstić information content (AvgIpc) is 2.76. The molecule has 0 atom stereocenters. The van der Waals surface area contributed by atoms with E-state index in [1.807, 2.05) is 10.8 Å². The van der Waals surface area contributed by atoms with Crippen molar-refractivity contribution in [2.75, 3.05) is 13.1 Å². The van der Waals surface area contributed by atoms with E-state index in [2.05, 4.69) is 15.3 Å². The summed E-state index contributed by atoms with van der Waals surface area (Å²) in [6.07, 6.45) is 1.63.